The van der Waals surface area contributed by atoms with Crippen LogP contribution in [0.25, 0.3) is 0 Å². The summed E-state index contributed by atoms with van der Waals surface area (Å²) in [5.74, 6) is 0.455. The number of imidazole rings is 1. The van der Waals surface area contributed by atoms with Crippen LogP contribution >= 0.6 is 0 Å². The standard InChI is InChI=1S/C12H18N2O/c1-12(2,3)10-7-14(8-13-10)11(15)9-5-4-6-9/h7-9H,4-6H2,1-3H3. The highest BCUT2D eigenvalue weighted by Gasteiger charge is 2.27. The highest BCUT2D eigenvalue weighted by Crippen LogP contribution is 2.28. The van der Waals surface area contributed by atoms with Crippen LogP contribution < -0.4 is 0 Å². The van der Waals surface area contributed by atoms with Crippen molar-refractivity contribution in [2.24, 2.45) is 5.92 Å². The maximum Gasteiger partial charge on any atom is 0.234 e. The smallest absolute Gasteiger partial charge is 0.234 e. The molecule has 0 saturated heterocycles. The van der Waals surface area contributed by atoms with Crippen molar-refractivity contribution in [3.8, 4) is 0 Å². The topological polar surface area (TPSA) is 34.9 Å². The van der Waals surface area contributed by atoms with Crippen LogP contribution in [0.2, 0.25) is 0 Å². The Hall–Kier alpha value is -1.12. The number of hydrogen-bond acceptors (Lipinski definition) is 2. The van der Waals surface area contributed by atoms with E-state index in [1.165, 1.54) is 6.42 Å². The molecule has 1 aromatic heterocycles. The molecule has 15 heavy (non-hydrogen) atoms. The molecule has 1 aromatic rings. The van der Waals surface area contributed by atoms with Crippen molar-refractivity contribution in [2.75, 3.05) is 0 Å². The van der Waals surface area contributed by atoms with E-state index in [4.69, 9.17) is 0 Å². The fraction of sp³-hybridized carbons (Fsp3) is 0.667. The van der Waals surface area contributed by atoms with Gasteiger partial charge in [0, 0.05) is 17.5 Å². The number of aromatic nitrogens is 2. The molecule has 1 saturated carbocycles. The summed E-state index contributed by atoms with van der Waals surface area (Å²) in [6, 6.07) is 0. The van der Waals surface area contributed by atoms with Gasteiger partial charge in [-0.1, -0.05) is 27.2 Å². The summed E-state index contributed by atoms with van der Waals surface area (Å²) < 4.78 is 1.66. The molecular formula is C12H18N2O. The van der Waals surface area contributed by atoms with E-state index in [-0.39, 0.29) is 17.2 Å². The minimum absolute atomic E-state index is 0.0190. The summed E-state index contributed by atoms with van der Waals surface area (Å²) >= 11 is 0. The van der Waals surface area contributed by atoms with E-state index in [0.717, 1.165) is 18.5 Å². The van der Waals surface area contributed by atoms with E-state index in [9.17, 15) is 4.79 Å². The van der Waals surface area contributed by atoms with Gasteiger partial charge in [-0.25, -0.2) is 4.98 Å². The minimum atomic E-state index is 0.0190. The lowest BCUT2D eigenvalue weighted by Crippen LogP contribution is -2.26. The molecule has 0 unspecified atom stereocenters. The molecule has 1 heterocycles. The van der Waals surface area contributed by atoms with Gasteiger partial charge in [0.1, 0.15) is 6.33 Å². The molecule has 2 rings (SSSR count). The normalized spacial score (nSPS) is 17.5. The second-order valence-electron chi connectivity index (χ2n) is 5.38. The monoisotopic (exact) mass is 206 g/mol. The number of carbonyl (C=O) groups is 1. The average Bonchev–Trinajstić information content (AvgIpc) is 2.46. The van der Waals surface area contributed by atoms with Crippen molar-refractivity contribution in [3.05, 3.63) is 18.2 Å². The van der Waals surface area contributed by atoms with Crippen molar-refractivity contribution < 1.29 is 4.79 Å². The molecule has 1 fully saturated rings. The van der Waals surface area contributed by atoms with E-state index in [0.29, 0.717) is 0 Å². The zero-order valence-corrected chi connectivity index (χ0v) is 9.66. The van der Waals surface area contributed by atoms with Gasteiger partial charge in [-0.2, -0.15) is 0 Å². The molecule has 0 bridgehead atoms. The maximum atomic E-state index is 11.9. The molecule has 0 spiro atoms. The Bertz CT molecular complexity index is 369. The first kappa shape index (κ1) is 10.4. The number of rotatable bonds is 1. The summed E-state index contributed by atoms with van der Waals surface area (Å²) in [5.41, 5.74) is 1.00. The van der Waals surface area contributed by atoms with Crippen molar-refractivity contribution in [1.29, 1.82) is 0 Å². The van der Waals surface area contributed by atoms with Crippen LogP contribution in [0, 0.1) is 5.92 Å². The summed E-state index contributed by atoms with van der Waals surface area (Å²) in [6.45, 7) is 6.31. The molecule has 82 valence electrons. The molecule has 0 radical (unpaired) electrons. The van der Waals surface area contributed by atoms with Crippen LogP contribution in [0.5, 0.6) is 0 Å². The third-order valence-electron chi connectivity index (χ3n) is 3.06. The van der Waals surface area contributed by atoms with Crippen molar-refractivity contribution in [3.63, 3.8) is 0 Å². The minimum Gasteiger partial charge on any atom is -0.276 e. The Morgan fingerprint density at radius 3 is 2.53 bits per heavy atom. The lowest BCUT2D eigenvalue weighted by Gasteiger charge is -2.23. The van der Waals surface area contributed by atoms with Crippen molar-refractivity contribution in [1.82, 2.24) is 9.55 Å². The van der Waals surface area contributed by atoms with Gasteiger partial charge in [0.05, 0.1) is 5.69 Å². The number of nitrogens with zero attached hydrogens (tertiary/aromatic N) is 2. The Kier molecular flexibility index (Phi) is 2.41. The average molecular weight is 206 g/mol. The maximum absolute atomic E-state index is 11.9. The largest absolute Gasteiger partial charge is 0.276 e. The van der Waals surface area contributed by atoms with Crippen LogP contribution in [0.3, 0.4) is 0 Å². The summed E-state index contributed by atoms with van der Waals surface area (Å²) in [6.07, 6.45) is 6.81. The first-order valence-electron chi connectivity index (χ1n) is 5.57. The Labute approximate surface area is 90.5 Å². The van der Waals surface area contributed by atoms with Crippen LogP contribution in [0.1, 0.15) is 50.5 Å². The number of carbonyl (C=O) groups excluding carboxylic acids is 1. The van der Waals surface area contributed by atoms with Gasteiger partial charge in [0.15, 0.2) is 0 Å². The SMILES string of the molecule is CC(C)(C)c1cn(C(=O)C2CCC2)cn1. The second kappa shape index (κ2) is 3.47. The quantitative estimate of drug-likeness (QED) is 0.708. The lowest BCUT2D eigenvalue weighted by molar-refractivity contribution is 0.0764. The van der Waals surface area contributed by atoms with Crippen molar-refractivity contribution in [2.45, 2.75) is 45.4 Å². The summed E-state index contributed by atoms with van der Waals surface area (Å²) in [7, 11) is 0. The Morgan fingerprint density at radius 1 is 1.47 bits per heavy atom. The third-order valence-corrected chi connectivity index (χ3v) is 3.06. The first-order valence-corrected chi connectivity index (χ1v) is 5.57. The van der Waals surface area contributed by atoms with Gasteiger partial charge in [-0.3, -0.25) is 9.36 Å². The Balaban J connectivity index is 2.16. The summed E-state index contributed by atoms with van der Waals surface area (Å²) in [5, 5.41) is 0. The number of hydrogen-bond donors (Lipinski definition) is 0. The zero-order valence-electron chi connectivity index (χ0n) is 9.66. The molecule has 0 aromatic carbocycles. The van der Waals surface area contributed by atoms with E-state index in [1.54, 1.807) is 10.9 Å². The highest BCUT2D eigenvalue weighted by molar-refractivity contribution is 5.82. The zero-order chi connectivity index (χ0) is 11.1. The molecule has 3 heteroatoms. The molecule has 0 atom stereocenters. The molecule has 0 aliphatic heterocycles. The predicted molar refractivity (Wildman–Crippen MR) is 58.9 cm³/mol. The van der Waals surface area contributed by atoms with Gasteiger partial charge in [0.25, 0.3) is 0 Å². The van der Waals surface area contributed by atoms with Crippen LogP contribution in [-0.4, -0.2) is 15.5 Å². The first-order chi connectivity index (χ1) is 6.98. The van der Waals surface area contributed by atoms with Gasteiger partial charge >= 0.3 is 0 Å². The van der Waals surface area contributed by atoms with Gasteiger partial charge in [-0.05, 0) is 12.8 Å². The van der Waals surface area contributed by atoms with Crippen LogP contribution in [0.4, 0.5) is 0 Å². The van der Waals surface area contributed by atoms with E-state index < -0.39 is 0 Å². The van der Waals surface area contributed by atoms with Gasteiger partial charge in [0.2, 0.25) is 5.91 Å². The summed E-state index contributed by atoms with van der Waals surface area (Å²) in [4.78, 5) is 16.2. The molecular weight excluding hydrogens is 188 g/mol. The van der Waals surface area contributed by atoms with E-state index in [1.807, 2.05) is 6.20 Å². The van der Waals surface area contributed by atoms with Crippen LogP contribution in [0.15, 0.2) is 12.5 Å². The molecule has 3 nitrogen and oxygen atoms in total. The highest BCUT2D eigenvalue weighted by atomic mass is 16.2. The van der Waals surface area contributed by atoms with E-state index >= 15 is 0 Å². The van der Waals surface area contributed by atoms with Crippen LogP contribution in [-0.2, 0) is 5.41 Å². The third kappa shape index (κ3) is 1.96. The van der Waals surface area contributed by atoms with Gasteiger partial charge in [-0.15, -0.1) is 0 Å². The molecule has 1 aliphatic carbocycles. The lowest BCUT2D eigenvalue weighted by atomic mass is 9.85. The molecule has 0 amide bonds. The van der Waals surface area contributed by atoms with Crippen molar-refractivity contribution >= 4 is 5.91 Å². The Morgan fingerprint density at radius 2 is 2.13 bits per heavy atom. The molecule has 0 N–H and O–H groups in total. The predicted octanol–water partition coefficient (Wildman–Crippen LogP) is 2.62. The fourth-order valence-corrected chi connectivity index (χ4v) is 1.70. The van der Waals surface area contributed by atoms with Gasteiger partial charge < -0.3 is 0 Å². The second-order valence-corrected chi connectivity index (χ2v) is 5.38. The fourth-order valence-electron chi connectivity index (χ4n) is 1.70. The van der Waals surface area contributed by atoms with E-state index in [2.05, 4.69) is 25.8 Å². The molecule has 1 aliphatic rings.